The lowest BCUT2D eigenvalue weighted by atomic mass is 10.0. The van der Waals surface area contributed by atoms with E-state index in [1.165, 1.54) is 48.1 Å². The third-order valence-electron chi connectivity index (χ3n) is 6.98. The lowest BCUT2D eigenvalue weighted by Gasteiger charge is -2.19. The number of aryl methyl sites for hydroxylation is 1. The van der Waals surface area contributed by atoms with E-state index >= 15 is 8.78 Å². The van der Waals surface area contributed by atoms with Gasteiger partial charge in [0.05, 0.1) is 34.9 Å². The standard InChI is InChI=1S/C32H27F4N3O4/c1-18-6-7-20(24(34)10-18)16-43-31-5-3-4-27(38-31)23-14-25(35)21(11-26(23)36)13-30-37-28-9-8-19(32(40)41)12-29(28)39(30)22(15-33)17-42-2/h3-12,14,22H,13,15-17H2,1-2H3,(H,40,41)/t22-/m1/s1. The molecule has 0 saturated heterocycles. The minimum Gasteiger partial charge on any atom is -0.478 e. The molecule has 0 radical (unpaired) electrons. The highest BCUT2D eigenvalue weighted by molar-refractivity contribution is 5.92. The summed E-state index contributed by atoms with van der Waals surface area (Å²) in [6.45, 7) is 0.756. The largest absolute Gasteiger partial charge is 0.478 e. The summed E-state index contributed by atoms with van der Waals surface area (Å²) in [5, 5.41) is 9.43. The van der Waals surface area contributed by atoms with Crippen LogP contribution in [0.1, 0.15) is 38.9 Å². The molecule has 0 fully saturated rings. The molecule has 0 spiro atoms. The van der Waals surface area contributed by atoms with E-state index in [9.17, 15) is 18.7 Å². The summed E-state index contributed by atoms with van der Waals surface area (Å²) in [5.41, 5.74) is 1.71. The van der Waals surface area contributed by atoms with Crippen molar-refractivity contribution < 1.29 is 36.9 Å². The Morgan fingerprint density at radius 3 is 2.47 bits per heavy atom. The van der Waals surface area contributed by atoms with Crippen LogP contribution >= 0.6 is 0 Å². The number of imidazole rings is 1. The maximum atomic E-state index is 15.5. The number of pyridine rings is 1. The molecule has 0 amide bonds. The van der Waals surface area contributed by atoms with Crippen LogP contribution < -0.4 is 4.74 Å². The Morgan fingerprint density at radius 1 is 0.953 bits per heavy atom. The monoisotopic (exact) mass is 593 g/mol. The van der Waals surface area contributed by atoms with Crippen LogP contribution in [0.4, 0.5) is 17.6 Å². The SMILES string of the molecule is COC[C@@H](CF)n1c(Cc2cc(F)c(-c3cccc(OCc4ccc(C)cc4F)n3)cc2F)nc2ccc(C(=O)O)cc21. The second-order valence-corrected chi connectivity index (χ2v) is 10.0. The number of aromatic nitrogens is 3. The smallest absolute Gasteiger partial charge is 0.335 e. The quantitative estimate of drug-likeness (QED) is 0.169. The second kappa shape index (κ2) is 12.6. The molecule has 11 heteroatoms. The maximum Gasteiger partial charge on any atom is 0.335 e. The molecular weight excluding hydrogens is 566 g/mol. The molecule has 2 aromatic heterocycles. The average Bonchev–Trinajstić information content (AvgIpc) is 3.34. The number of fused-ring (bicyclic) bond motifs is 1. The van der Waals surface area contributed by atoms with Crippen molar-refractivity contribution in [1.82, 2.24) is 14.5 Å². The molecule has 0 aliphatic heterocycles. The second-order valence-electron chi connectivity index (χ2n) is 10.0. The van der Waals surface area contributed by atoms with E-state index in [1.54, 1.807) is 25.1 Å². The number of aromatic carboxylic acids is 1. The van der Waals surface area contributed by atoms with E-state index in [4.69, 9.17) is 9.47 Å². The van der Waals surface area contributed by atoms with Gasteiger partial charge in [0.1, 0.15) is 36.6 Å². The molecule has 2 heterocycles. The molecule has 7 nitrogen and oxygen atoms in total. The van der Waals surface area contributed by atoms with Gasteiger partial charge < -0.3 is 19.1 Å². The van der Waals surface area contributed by atoms with Gasteiger partial charge in [0.25, 0.3) is 0 Å². The zero-order valence-electron chi connectivity index (χ0n) is 23.3. The van der Waals surface area contributed by atoms with Gasteiger partial charge in [0.2, 0.25) is 5.88 Å². The maximum absolute atomic E-state index is 15.5. The fraction of sp³-hybridized carbons (Fsp3) is 0.219. The minimum atomic E-state index is -1.17. The highest BCUT2D eigenvalue weighted by Gasteiger charge is 2.23. The predicted molar refractivity (Wildman–Crippen MR) is 151 cm³/mol. The van der Waals surface area contributed by atoms with E-state index in [0.717, 1.165) is 17.7 Å². The van der Waals surface area contributed by atoms with Crippen LogP contribution in [0.5, 0.6) is 5.88 Å². The first-order chi connectivity index (χ1) is 20.7. The van der Waals surface area contributed by atoms with Crippen molar-refractivity contribution in [2.24, 2.45) is 0 Å². The van der Waals surface area contributed by atoms with Crippen molar-refractivity contribution in [2.45, 2.75) is 26.0 Å². The molecular formula is C32H27F4N3O4. The third-order valence-corrected chi connectivity index (χ3v) is 6.98. The van der Waals surface area contributed by atoms with Gasteiger partial charge >= 0.3 is 5.97 Å². The molecule has 5 rings (SSSR count). The summed E-state index contributed by atoms with van der Waals surface area (Å²) in [6, 6.07) is 14.7. The Bertz CT molecular complexity index is 1810. The average molecular weight is 594 g/mol. The van der Waals surface area contributed by atoms with Crippen LogP contribution in [0.15, 0.2) is 66.7 Å². The zero-order valence-corrected chi connectivity index (χ0v) is 23.3. The lowest BCUT2D eigenvalue weighted by Crippen LogP contribution is -2.19. The van der Waals surface area contributed by atoms with Crippen LogP contribution in [0, 0.1) is 24.4 Å². The summed E-state index contributed by atoms with van der Waals surface area (Å²) < 4.78 is 71.4. The Balaban J connectivity index is 1.45. The molecule has 0 unspecified atom stereocenters. The topological polar surface area (TPSA) is 86.5 Å². The number of carboxylic acids is 1. The van der Waals surface area contributed by atoms with Gasteiger partial charge in [0, 0.05) is 30.7 Å². The highest BCUT2D eigenvalue weighted by atomic mass is 19.1. The van der Waals surface area contributed by atoms with Crippen molar-refractivity contribution in [3.63, 3.8) is 0 Å². The van der Waals surface area contributed by atoms with E-state index in [1.807, 2.05) is 0 Å². The fourth-order valence-corrected chi connectivity index (χ4v) is 4.84. The first-order valence-corrected chi connectivity index (χ1v) is 13.3. The Morgan fingerprint density at radius 2 is 1.74 bits per heavy atom. The minimum absolute atomic E-state index is 0.0282. The Kier molecular flexibility index (Phi) is 8.72. The van der Waals surface area contributed by atoms with Crippen molar-refractivity contribution in [1.29, 1.82) is 0 Å². The normalized spacial score (nSPS) is 12.0. The van der Waals surface area contributed by atoms with Crippen LogP contribution in [0.3, 0.4) is 0 Å². The van der Waals surface area contributed by atoms with Gasteiger partial charge in [-0.15, -0.1) is 0 Å². The molecule has 0 saturated carbocycles. The summed E-state index contributed by atoms with van der Waals surface area (Å²) in [5.74, 6) is -2.80. The molecule has 3 aromatic carbocycles. The van der Waals surface area contributed by atoms with Gasteiger partial charge in [-0.1, -0.05) is 18.2 Å². The van der Waals surface area contributed by atoms with E-state index < -0.39 is 36.1 Å². The fourth-order valence-electron chi connectivity index (χ4n) is 4.84. The number of benzene rings is 3. The van der Waals surface area contributed by atoms with E-state index in [-0.39, 0.29) is 53.7 Å². The van der Waals surface area contributed by atoms with Crippen LogP contribution in [0.2, 0.25) is 0 Å². The van der Waals surface area contributed by atoms with Crippen molar-refractivity contribution >= 4 is 17.0 Å². The molecule has 0 aliphatic carbocycles. The number of rotatable bonds is 11. The third kappa shape index (κ3) is 6.36. The molecule has 0 bridgehead atoms. The van der Waals surface area contributed by atoms with E-state index in [2.05, 4.69) is 9.97 Å². The van der Waals surface area contributed by atoms with Gasteiger partial charge in [-0.05, 0) is 60.5 Å². The van der Waals surface area contributed by atoms with Crippen molar-refractivity contribution in [2.75, 3.05) is 20.4 Å². The van der Waals surface area contributed by atoms with Crippen molar-refractivity contribution in [3.8, 4) is 17.1 Å². The summed E-state index contributed by atoms with van der Waals surface area (Å²) in [6.07, 6.45) is -0.209. The number of hydrogen-bond acceptors (Lipinski definition) is 5. The first kappa shape index (κ1) is 29.7. The van der Waals surface area contributed by atoms with Gasteiger partial charge in [-0.2, -0.15) is 0 Å². The number of nitrogens with zero attached hydrogens (tertiary/aromatic N) is 3. The van der Waals surface area contributed by atoms with Crippen LogP contribution in [-0.2, 0) is 17.8 Å². The molecule has 0 aliphatic rings. The van der Waals surface area contributed by atoms with Crippen LogP contribution in [-0.4, -0.2) is 46.0 Å². The number of methoxy groups -OCH3 is 1. The number of alkyl halides is 1. The molecule has 43 heavy (non-hydrogen) atoms. The number of carbonyl (C=O) groups is 1. The first-order valence-electron chi connectivity index (χ1n) is 13.3. The van der Waals surface area contributed by atoms with Gasteiger partial charge in [-0.3, -0.25) is 0 Å². The zero-order chi connectivity index (χ0) is 30.7. The molecule has 1 atom stereocenters. The van der Waals surface area contributed by atoms with Crippen LogP contribution in [0.25, 0.3) is 22.3 Å². The summed E-state index contributed by atoms with van der Waals surface area (Å²) in [7, 11) is 1.40. The van der Waals surface area contributed by atoms with Gasteiger partial charge in [-0.25, -0.2) is 32.3 Å². The number of hydrogen-bond donors (Lipinski definition) is 1. The number of halogens is 4. The van der Waals surface area contributed by atoms with E-state index in [0.29, 0.717) is 16.6 Å². The lowest BCUT2D eigenvalue weighted by molar-refractivity contribution is 0.0697. The molecule has 1 N–H and O–H groups in total. The predicted octanol–water partition coefficient (Wildman–Crippen LogP) is 6.85. The Hall–Kier alpha value is -4.77. The summed E-state index contributed by atoms with van der Waals surface area (Å²) in [4.78, 5) is 20.3. The van der Waals surface area contributed by atoms with Gasteiger partial charge in [0.15, 0.2) is 0 Å². The van der Waals surface area contributed by atoms with Crippen molar-refractivity contribution in [3.05, 3.63) is 112 Å². The molecule has 222 valence electrons. The number of carboxylic acid groups (broad SMARTS) is 1. The highest BCUT2D eigenvalue weighted by Crippen LogP contribution is 2.30. The molecule has 5 aromatic rings. The Labute approximate surface area is 244 Å². The number of ether oxygens (including phenoxy) is 2. The summed E-state index contributed by atoms with van der Waals surface area (Å²) >= 11 is 0.